The molecule has 0 saturated heterocycles. The normalized spacial score (nSPS) is 12.0. The van der Waals surface area contributed by atoms with Crippen molar-refractivity contribution in [1.82, 2.24) is 5.32 Å². The van der Waals surface area contributed by atoms with Crippen molar-refractivity contribution in [1.29, 1.82) is 0 Å². The van der Waals surface area contributed by atoms with E-state index in [9.17, 15) is 9.90 Å². The highest BCUT2D eigenvalue weighted by atomic mass is 16.3. The summed E-state index contributed by atoms with van der Waals surface area (Å²) in [6.07, 6.45) is 0. The smallest absolute Gasteiger partial charge is 0.221 e. The summed E-state index contributed by atoms with van der Waals surface area (Å²) >= 11 is 0. The molecule has 2 aromatic rings. The molecule has 0 bridgehead atoms. The minimum atomic E-state index is -0.0744. The summed E-state index contributed by atoms with van der Waals surface area (Å²) in [7, 11) is 0. The number of carbonyl (C=O) groups excluding carboxylic acids is 1. The molecule has 1 unspecified atom stereocenters. The fourth-order valence-corrected chi connectivity index (χ4v) is 2.35. The number of anilines is 1. The van der Waals surface area contributed by atoms with Crippen molar-refractivity contribution in [2.24, 2.45) is 0 Å². The van der Waals surface area contributed by atoms with E-state index in [1.54, 1.807) is 0 Å². The highest BCUT2D eigenvalue weighted by Crippen LogP contribution is 2.18. The van der Waals surface area contributed by atoms with Crippen LogP contribution in [0.15, 0.2) is 48.5 Å². The third-order valence-corrected chi connectivity index (χ3v) is 3.59. The molecule has 1 amide bonds. The minimum Gasteiger partial charge on any atom is -0.392 e. The van der Waals surface area contributed by atoms with Crippen LogP contribution in [0.2, 0.25) is 0 Å². The van der Waals surface area contributed by atoms with Gasteiger partial charge in [-0.05, 0) is 35.7 Å². The fourth-order valence-electron chi connectivity index (χ4n) is 2.35. The van der Waals surface area contributed by atoms with E-state index >= 15 is 0 Å². The average Bonchev–Trinajstić information content (AvgIpc) is 2.52. The van der Waals surface area contributed by atoms with Gasteiger partial charge in [-0.3, -0.25) is 4.79 Å². The largest absolute Gasteiger partial charge is 0.392 e. The first-order valence-electron chi connectivity index (χ1n) is 7.38. The molecule has 4 nitrogen and oxygen atoms in total. The van der Waals surface area contributed by atoms with E-state index in [0.717, 1.165) is 22.4 Å². The Morgan fingerprint density at radius 1 is 1.14 bits per heavy atom. The van der Waals surface area contributed by atoms with Gasteiger partial charge in [0.2, 0.25) is 5.91 Å². The Morgan fingerprint density at radius 3 is 2.55 bits per heavy atom. The topological polar surface area (TPSA) is 61.4 Å². The van der Waals surface area contributed by atoms with Crippen molar-refractivity contribution < 1.29 is 9.90 Å². The zero-order chi connectivity index (χ0) is 15.9. The van der Waals surface area contributed by atoms with Gasteiger partial charge in [-0.1, -0.05) is 36.4 Å². The summed E-state index contributed by atoms with van der Waals surface area (Å²) in [6.45, 7) is 4.31. The van der Waals surface area contributed by atoms with Gasteiger partial charge in [-0.15, -0.1) is 0 Å². The molecule has 2 rings (SSSR count). The molecule has 3 N–H and O–H groups in total. The number of benzene rings is 2. The maximum Gasteiger partial charge on any atom is 0.221 e. The molecule has 0 fully saturated rings. The molecule has 0 radical (unpaired) electrons. The number of nitrogens with one attached hydrogen (secondary N) is 2. The number of hydrogen-bond donors (Lipinski definition) is 3. The van der Waals surface area contributed by atoms with Crippen LogP contribution in [-0.4, -0.2) is 11.0 Å². The Hall–Kier alpha value is -2.17. The molecule has 2 aromatic carbocycles. The molecule has 0 aliphatic heterocycles. The Balaban J connectivity index is 2.03. The van der Waals surface area contributed by atoms with Crippen molar-refractivity contribution in [2.45, 2.75) is 33.0 Å². The van der Waals surface area contributed by atoms with Crippen LogP contribution >= 0.6 is 0 Å². The van der Waals surface area contributed by atoms with E-state index in [0.29, 0.717) is 6.54 Å². The summed E-state index contributed by atoms with van der Waals surface area (Å²) < 4.78 is 0. The van der Waals surface area contributed by atoms with Gasteiger partial charge in [-0.2, -0.15) is 0 Å². The molecule has 116 valence electrons. The van der Waals surface area contributed by atoms with Crippen LogP contribution in [0.25, 0.3) is 0 Å². The lowest BCUT2D eigenvalue weighted by Gasteiger charge is -2.16. The van der Waals surface area contributed by atoms with E-state index in [2.05, 4.69) is 17.6 Å². The average molecular weight is 298 g/mol. The summed E-state index contributed by atoms with van der Waals surface area (Å²) in [5.41, 5.74) is 3.94. The molecular formula is C18H22N2O2. The van der Waals surface area contributed by atoms with E-state index in [-0.39, 0.29) is 18.6 Å². The molecule has 0 heterocycles. The maximum atomic E-state index is 11.1. The second kappa shape index (κ2) is 7.73. The quantitative estimate of drug-likeness (QED) is 0.768. The van der Waals surface area contributed by atoms with Gasteiger partial charge in [0.15, 0.2) is 0 Å². The number of carbonyl (C=O) groups is 1. The van der Waals surface area contributed by atoms with Gasteiger partial charge in [0.05, 0.1) is 6.61 Å². The van der Waals surface area contributed by atoms with Crippen LogP contribution in [0.5, 0.6) is 0 Å². The summed E-state index contributed by atoms with van der Waals surface area (Å²) in [5.74, 6) is -0.0744. The van der Waals surface area contributed by atoms with Gasteiger partial charge in [0.25, 0.3) is 0 Å². The van der Waals surface area contributed by atoms with Crippen LogP contribution in [0, 0.1) is 0 Å². The van der Waals surface area contributed by atoms with Gasteiger partial charge >= 0.3 is 0 Å². The van der Waals surface area contributed by atoms with Gasteiger partial charge in [-0.25, -0.2) is 0 Å². The van der Waals surface area contributed by atoms with E-state index in [1.165, 1.54) is 6.92 Å². The van der Waals surface area contributed by atoms with Crippen molar-refractivity contribution in [3.05, 3.63) is 65.2 Å². The number of amides is 1. The molecule has 22 heavy (non-hydrogen) atoms. The Morgan fingerprint density at radius 2 is 1.86 bits per heavy atom. The Labute approximate surface area is 131 Å². The third kappa shape index (κ3) is 4.41. The van der Waals surface area contributed by atoms with Gasteiger partial charge in [0.1, 0.15) is 0 Å². The zero-order valence-corrected chi connectivity index (χ0v) is 13.0. The third-order valence-electron chi connectivity index (χ3n) is 3.59. The van der Waals surface area contributed by atoms with Gasteiger partial charge < -0.3 is 15.7 Å². The van der Waals surface area contributed by atoms with Crippen LogP contribution in [-0.2, 0) is 17.9 Å². The minimum absolute atomic E-state index is 0.0459. The second-order valence-corrected chi connectivity index (χ2v) is 5.34. The predicted octanol–water partition coefficient (Wildman–Crippen LogP) is 2.99. The van der Waals surface area contributed by atoms with Crippen molar-refractivity contribution in [3.8, 4) is 0 Å². The van der Waals surface area contributed by atoms with Crippen molar-refractivity contribution in [3.63, 3.8) is 0 Å². The first-order valence-corrected chi connectivity index (χ1v) is 7.38. The molecule has 4 heteroatoms. The van der Waals surface area contributed by atoms with Crippen molar-refractivity contribution >= 4 is 11.6 Å². The van der Waals surface area contributed by atoms with E-state index < -0.39 is 0 Å². The molecule has 1 atom stereocenters. The van der Waals surface area contributed by atoms with Gasteiger partial charge in [0, 0.05) is 25.2 Å². The molecule has 0 spiro atoms. The lowest BCUT2D eigenvalue weighted by atomic mass is 10.1. The molecular weight excluding hydrogens is 276 g/mol. The standard InChI is InChI=1S/C18H22N2O2/c1-13(15-8-5-9-18(10-15)20-14(2)22)19-11-16-6-3-4-7-17(16)12-21/h3-10,13,19,21H,11-12H2,1-2H3,(H,20,22). The molecule has 0 aliphatic rings. The Bertz CT molecular complexity index is 640. The van der Waals surface area contributed by atoms with Crippen LogP contribution < -0.4 is 10.6 Å². The predicted molar refractivity (Wildman–Crippen MR) is 88.4 cm³/mol. The first-order chi connectivity index (χ1) is 10.6. The molecule has 0 saturated carbocycles. The number of aliphatic hydroxyl groups is 1. The number of rotatable bonds is 6. The maximum absolute atomic E-state index is 11.1. The van der Waals surface area contributed by atoms with E-state index in [4.69, 9.17) is 0 Å². The highest BCUT2D eigenvalue weighted by molar-refractivity contribution is 5.88. The molecule has 0 aromatic heterocycles. The summed E-state index contributed by atoms with van der Waals surface area (Å²) in [4.78, 5) is 11.1. The molecule has 0 aliphatic carbocycles. The number of hydrogen-bond acceptors (Lipinski definition) is 3. The van der Waals surface area contributed by atoms with Crippen LogP contribution in [0.1, 0.15) is 36.6 Å². The van der Waals surface area contributed by atoms with Crippen molar-refractivity contribution in [2.75, 3.05) is 5.32 Å². The van der Waals surface area contributed by atoms with Crippen LogP contribution in [0.4, 0.5) is 5.69 Å². The number of aliphatic hydroxyl groups excluding tert-OH is 1. The SMILES string of the molecule is CC(=O)Nc1cccc(C(C)NCc2ccccc2CO)c1. The zero-order valence-electron chi connectivity index (χ0n) is 13.0. The lowest BCUT2D eigenvalue weighted by Crippen LogP contribution is -2.19. The second-order valence-electron chi connectivity index (χ2n) is 5.34. The van der Waals surface area contributed by atoms with E-state index in [1.807, 2.05) is 48.5 Å². The lowest BCUT2D eigenvalue weighted by molar-refractivity contribution is -0.114. The highest BCUT2D eigenvalue weighted by Gasteiger charge is 2.07. The Kier molecular flexibility index (Phi) is 5.69. The monoisotopic (exact) mass is 298 g/mol. The van der Waals surface area contributed by atoms with Crippen LogP contribution in [0.3, 0.4) is 0 Å². The summed E-state index contributed by atoms with van der Waals surface area (Å²) in [5, 5.41) is 15.6. The fraction of sp³-hybridized carbons (Fsp3) is 0.278. The summed E-state index contributed by atoms with van der Waals surface area (Å²) in [6, 6.07) is 15.8. The first kappa shape index (κ1) is 16.2.